The van der Waals surface area contributed by atoms with Gasteiger partial charge in [-0.3, -0.25) is 4.79 Å². The number of aliphatic hydroxyl groups excluding tert-OH is 1. The molecular formula is C24H38N2O6. The first-order valence-electron chi connectivity index (χ1n) is 11.7. The molecule has 1 aromatic carbocycles. The van der Waals surface area contributed by atoms with Gasteiger partial charge in [0.25, 0.3) is 0 Å². The van der Waals surface area contributed by atoms with Crippen LogP contribution in [0.2, 0.25) is 0 Å². The topological polar surface area (TPSA) is 108 Å². The summed E-state index contributed by atoms with van der Waals surface area (Å²) in [4.78, 5) is 26.6. The molecule has 3 N–H and O–H groups in total. The fraction of sp³-hybridized carbons (Fsp3) is 0.667. The van der Waals surface area contributed by atoms with E-state index in [4.69, 9.17) is 14.9 Å². The molecule has 0 bridgehead atoms. The minimum atomic E-state index is -1.33. The van der Waals surface area contributed by atoms with E-state index in [0.717, 1.165) is 22.7 Å². The Morgan fingerprint density at radius 2 is 1.53 bits per heavy atom. The molecule has 1 aromatic rings. The van der Waals surface area contributed by atoms with E-state index in [2.05, 4.69) is 10.2 Å². The maximum Gasteiger partial charge on any atom is 0.528 e. The van der Waals surface area contributed by atoms with Crippen molar-refractivity contribution in [3.63, 3.8) is 0 Å². The van der Waals surface area contributed by atoms with E-state index in [0.29, 0.717) is 0 Å². The van der Waals surface area contributed by atoms with Gasteiger partial charge in [-0.05, 0) is 31.2 Å². The number of benzene rings is 1. The number of hydrogen-bond donors (Lipinski definition) is 3. The third-order valence-corrected chi connectivity index (χ3v) is 6.00. The summed E-state index contributed by atoms with van der Waals surface area (Å²) in [5.74, 6) is -1.30. The zero-order valence-electron chi connectivity index (χ0n) is 19.1. The van der Waals surface area contributed by atoms with Crippen molar-refractivity contribution < 1.29 is 29.4 Å². The fourth-order valence-corrected chi connectivity index (χ4v) is 4.14. The number of aliphatic hydroxyl groups is 1. The summed E-state index contributed by atoms with van der Waals surface area (Å²) in [6, 6.07) is 9.37. The number of ether oxygens (including phenoxy) is 1. The Kier molecular flexibility index (Phi) is 12.1. The van der Waals surface area contributed by atoms with Crippen LogP contribution in [0.5, 0.6) is 0 Å². The number of carboxylic acids is 1. The molecule has 2 fully saturated rings. The Morgan fingerprint density at radius 1 is 1.00 bits per heavy atom. The lowest BCUT2D eigenvalue weighted by Crippen LogP contribution is -2.42. The summed E-state index contributed by atoms with van der Waals surface area (Å²) in [5, 5.41) is 22.2. The van der Waals surface area contributed by atoms with Gasteiger partial charge in [-0.1, -0.05) is 68.9 Å². The third kappa shape index (κ3) is 9.97. The largest absolute Gasteiger partial charge is 0.528 e. The minimum absolute atomic E-state index is 0.0182. The predicted octanol–water partition coefficient (Wildman–Crippen LogP) is 3.87. The molecule has 3 rings (SSSR count). The molecule has 0 saturated heterocycles. The number of likely N-dealkylation sites (N-methyl/N-ethyl adjacent to an activating group) is 1. The molecule has 0 amide bonds. The van der Waals surface area contributed by atoms with Gasteiger partial charge in [-0.15, -0.1) is 5.06 Å². The number of carbonyl (C=O) groups excluding carboxylic acids is 1. The number of hydrogen-bond acceptors (Lipinski definition) is 7. The molecule has 0 aliphatic heterocycles. The Bertz CT molecular complexity index is 644. The van der Waals surface area contributed by atoms with Crippen LogP contribution in [0.3, 0.4) is 0 Å². The summed E-state index contributed by atoms with van der Waals surface area (Å²) < 4.78 is 4.80. The van der Waals surface area contributed by atoms with Crippen LogP contribution in [-0.2, 0) is 21.0 Å². The molecule has 1 atom stereocenters. The molecule has 2 aliphatic carbocycles. The van der Waals surface area contributed by atoms with Crippen molar-refractivity contribution in [2.24, 2.45) is 0 Å². The number of carbonyl (C=O) groups is 2. The van der Waals surface area contributed by atoms with Crippen molar-refractivity contribution >= 4 is 12.1 Å². The number of rotatable bonds is 8. The maximum atomic E-state index is 11.3. The van der Waals surface area contributed by atoms with Crippen molar-refractivity contribution in [1.82, 2.24) is 10.4 Å². The van der Waals surface area contributed by atoms with E-state index in [1.807, 2.05) is 6.07 Å². The summed E-state index contributed by atoms with van der Waals surface area (Å²) in [7, 11) is 1.22. The zero-order chi connectivity index (χ0) is 23.2. The van der Waals surface area contributed by atoms with Gasteiger partial charge in [0.05, 0.1) is 6.61 Å². The van der Waals surface area contributed by atoms with Crippen LogP contribution < -0.4 is 5.32 Å². The molecule has 2 saturated carbocycles. The first kappa shape index (κ1) is 26.1. The average Bonchev–Trinajstić information content (AvgIpc) is 2.80. The smallest absolute Gasteiger partial charge is 0.480 e. The van der Waals surface area contributed by atoms with E-state index in [9.17, 15) is 9.59 Å². The normalized spacial score (nSPS) is 18.3. The second kappa shape index (κ2) is 14.8. The maximum absolute atomic E-state index is 11.3. The Hall–Kier alpha value is -2.16. The van der Waals surface area contributed by atoms with Crippen LogP contribution in [0.25, 0.3) is 0 Å². The monoisotopic (exact) mass is 450 g/mol. The highest BCUT2D eigenvalue weighted by atomic mass is 16.8. The molecule has 8 heteroatoms. The lowest BCUT2D eigenvalue weighted by atomic mass is 9.91. The molecule has 8 nitrogen and oxygen atoms in total. The Balaban J connectivity index is 0.000000242. The van der Waals surface area contributed by atoms with Crippen LogP contribution in [0.15, 0.2) is 30.3 Å². The van der Waals surface area contributed by atoms with Crippen LogP contribution >= 0.6 is 0 Å². The minimum Gasteiger partial charge on any atom is -0.480 e. The first-order valence-corrected chi connectivity index (χ1v) is 11.7. The van der Waals surface area contributed by atoms with Crippen molar-refractivity contribution in [2.75, 3.05) is 13.7 Å². The van der Waals surface area contributed by atoms with Crippen molar-refractivity contribution in [1.29, 1.82) is 0 Å². The van der Waals surface area contributed by atoms with E-state index in [1.54, 1.807) is 24.3 Å². The van der Waals surface area contributed by atoms with Crippen molar-refractivity contribution in [3.8, 4) is 0 Å². The summed E-state index contributed by atoms with van der Waals surface area (Å²) in [6.07, 6.45) is 13.5. The highest BCUT2D eigenvalue weighted by molar-refractivity contribution is 5.73. The Morgan fingerprint density at radius 3 is 2.00 bits per heavy atom. The molecule has 180 valence electrons. The van der Waals surface area contributed by atoms with Crippen molar-refractivity contribution in [2.45, 2.75) is 88.9 Å². The van der Waals surface area contributed by atoms with Gasteiger partial charge in [-0.25, -0.2) is 4.79 Å². The van der Waals surface area contributed by atoms with Gasteiger partial charge >= 0.3 is 12.1 Å². The van der Waals surface area contributed by atoms with Crippen LogP contribution in [0, 0.1) is 0 Å². The first-order chi connectivity index (χ1) is 15.5. The SMILES string of the molecule is C1CCC(NC2CCCCC2)CC1.CN(OC(=O)OCc1ccccc1)[C@H](CO)C(=O)O. The van der Waals surface area contributed by atoms with E-state index in [1.165, 1.54) is 71.3 Å². The number of nitrogens with one attached hydrogen (secondary N) is 1. The molecule has 0 spiro atoms. The highest BCUT2D eigenvalue weighted by Crippen LogP contribution is 2.22. The molecular weight excluding hydrogens is 412 g/mol. The van der Waals surface area contributed by atoms with Crippen LogP contribution in [0.1, 0.15) is 69.8 Å². The quantitative estimate of drug-likeness (QED) is 0.405. The summed E-state index contributed by atoms with van der Waals surface area (Å²) in [5.41, 5.74) is 0.777. The molecule has 32 heavy (non-hydrogen) atoms. The predicted molar refractivity (Wildman–Crippen MR) is 121 cm³/mol. The van der Waals surface area contributed by atoms with Gasteiger partial charge < -0.3 is 25.1 Å². The number of carboxylic acid groups (broad SMARTS) is 1. The standard InChI is InChI=1S/C12H15NO6.C12H23N/c1-13(10(7-14)11(15)16)19-12(17)18-8-9-5-3-2-4-6-9;1-3-7-11(8-4-1)13-12-9-5-2-6-10-12/h2-6,10,14H,7-8H2,1H3,(H,15,16);11-13H,1-10H2/t10-;/m1./s1. The van der Waals surface area contributed by atoms with Gasteiger partial charge in [0.2, 0.25) is 0 Å². The van der Waals surface area contributed by atoms with Gasteiger partial charge in [0.1, 0.15) is 6.61 Å². The van der Waals surface area contributed by atoms with Gasteiger partial charge in [0, 0.05) is 19.1 Å². The number of aliphatic carboxylic acids is 1. The molecule has 0 heterocycles. The Labute approximate surface area is 190 Å². The average molecular weight is 451 g/mol. The summed E-state index contributed by atoms with van der Waals surface area (Å²) >= 11 is 0. The molecule has 0 unspecified atom stereocenters. The second-order valence-corrected chi connectivity index (χ2v) is 8.53. The fourth-order valence-electron chi connectivity index (χ4n) is 4.14. The number of nitrogens with zero attached hydrogens (tertiary/aromatic N) is 1. The lowest BCUT2D eigenvalue weighted by molar-refractivity contribution is -0.174. The van der Waals surface area contributed by atoms with Crippen LogP contribution in [0.4, 0.5) is 4.79 Å². The third-order valence-electron chi connectivity index (χ3n) is 6.00. The molecule has 0 aromatic heterocycles. The van der Waals surface area contributed by atoms with Crippen LogP contribution in [-0.4, -0.2) is 59.2 Å². The lowest BCUT2D eigenvalue weighted by Gasteiger charge is -2.30. The van der Waals surface area contributed by atoms with E-state index >= 15 is 0 Å². The molecule has 0 radical (unpaired) electrons. The molecule has 2 aliphatic rings. The van der Waals surface area contributed by atoms with Crippen molar-refractivity contribution in [3.05, 3.63) is 35.9 Å². The zero-order valence-corrected chi connectivity index (χ0v) is 19.1. The number of hydroxylamine groups is 2. The van der Waals surface area contributed by atoms with E-state index < -0.39 is 24.8 Å². The van der Waals surface area contributed by atoms with E-state index in [-0.39, 0.29) is 6.61 Å². The van der Waals surface area contributed by atoms with Gasteiger partial charge in [0.15, 0.2) is 6.04 Å². The van der Waals surface area contributed by atoms with Gasteiger partial charge in [-0.2, -0.15) is 0 Å². The highest BCUT2D eigenvalue weighted by Gasteiger charge is 2.25. The second-order valence-electron chi connectivity index (χ2n) is 8.53. The summed E-state index contributed by atoms with van der Waals surface area (Å²) in [6.45, 7) is -0.665.